The van der Waals surface area contributed by atoms with Gasteiger partial charge in [-0.3, -0.25) is 4.98 Å². The Morgan fingerprint density at radius 2 is 2.25 bits per heavy atom. The van der Waals surface area contributed by atoms with E-state index >= 15 is 0 Å². The molecule has 0 saturated heterocycles. The maximum Gasteiger partial charge on any atom is 0.169 e. The monoisotopic (exact) mass is 188 g/mol. The summed E-state index contributed by atoms with van der Waals surface area (Å²) in [6.07, 6.45) is 1.55. The number of nitrogens with zero attached hydrogens (tertiary/aromatic N) is 2. The van der Waals surface area contributed by atoms with Gasteiger partial charge in [-0.15, -0.1) is 11.6 Å². The van der Waals surface area contributed by atoms with E-state index in [4.69, 9.17) is 11.6 Å². The van der Waals surface area contributed by atoms with Crippen molar-refractivity contribution in [2.24, 2.45) is 0 Å². The topological polar surface area (TPSA) is 16.1 Å². The number of halogens is 2. The number of anilines is 1. The Balaban J connectivity index is 3.14. The van der Waals surface area contributed by atoms with E-state index < -0.39 is 0 Å². The van der Waals surface area contributed by atoms with Crippen LogP contribution in [0.15, 0.2) is 12.3 Å². The highest BCUT2D eigenvalue weighted by molar-refractivity contribution is 6.16. The maximum absolute atomic E-state index is 13.3. The predicted octanol–water partition coefficient (Wildman–Crippen LogP) is 2.03. The standard InChI is InChI=1S/C8H10ClFN2/c1-12(2)7-3-4-11-6(5-9)8(7)10/h3-4H,5H2,1-2H3. The van der Waals surface area contributed by atoms with Crippen LogP contribution in [0.4, 0.5) is 10.1 Å². The molecule has 0 atom stereocenters. The Labute approximate surface area is 76.0 Å². The zero-order chi connectivity index (χ0) is 9.14. The van der Waals surface area contributed by atoms with Gasteiger partial charge in [-0.1, -0.05) is 0 Å². The van der Waals surface area contributed by atoms with Gasteiger partial charge < -0.3 is 4.90 Å². The molecule has 0 aliphatic heterocycles. The van der Waals surface area contributed by atoms with Crippen LogP contribution in [0.2, 0.25) is 0 Å². The van der Waals surface area contributed by atoms with Crippen molar-refractivity contribution < 1.29 is 4.39 Å². The summed E-state index contributed by atoms with van der Waals surface area (Å²) >= 11 is 5.49. The van der Waals surface area contributed by atoms with Gasteiger partial charge in [0.2, 0.25) is 0 Å². The predicted molar refractivity (Wildman–Crippen MR) is 48.1 cm³/mol. The van der Waals surface area contributed by atoms with Crippen LogP contribution < -0.4 is 4.90 Å². The molecule has 2 nitrogen and oxygen atoms in total. The summed E-state index contributed by atoms with van der Waals surface area (Å²) in [6, 6.07) is 1.62. The summed E-state index contributed by atoms with van der Waals surface area (Å²) < 4.78 is 13.3. The first-order chi connectivity index (χ1) is 5.66. The lowest BCUT2D eigenvalue weighted by Gasteiger charge is -2.13. The number of rotatable bonds is 2. The van der Waals surface area contributed by atoms with Crippen LogP contribution in [0.25, 0.3) is 0 Å². The fourth-order valence-corrected chi connectivity index (χ4v) is 1.10. The van der Waals surface area contributed by atoms with E-state index in [2.05, 4.69) is 4.98 Å². The Kier molecular flexibility index (Phi) is 2.87. The molecule has 1 aromatic rings. The van der Waals surface area contributed by atoms with E-state index in [1.54, 1.807) is 31.3 Å². The van der Waals surface area contributed by atoms with Crippen LogP contribution >= 0.6 is 11.6 Å². The molecule has 0 unspecified atom stereocenters. The Morgan fingerprint density at radius 3 is 2.75 bits per heavy atom. The van der Waals surface area contributed by atoms with Gasteiger partial charge in [0, 0.05) is 20.3 Å². The molecule has 1 aromatic heterocycles. The highest BCUT2D eigenvalue weighted by Crippen LogP contribution is 2.19. The third kappa shape index (κ3) is 1.67. The zero-order valence-corrected chi connectivity index (χ0v) is 7.77. The van der Waals surface area contributed by atoms with Crippen molar-refractivity contribution in [3.63, 3.8) is 0 Å². The SMILES string of the molecule is CN(C)c1ccnc(CCl)c1F. The molecular weight excluding hydrogens is 179 g/mol. The summed E-state index contributed by atoms with van der Waals surface area (Å²) in [5.74, 6) is -0.231. The molecule has 0 N–H and O–H groups in total. The van der Waals surface area contributed by atoms with E-state index in [-0.39, 0.29) is 11.7 Å². The molecule has 0 spiro atoms. The van der Waals surface area contributed by atoms with E-state index in [0.717, 1.165) is 0 Å². The number of alkyl halides is 1. The third-order valence-corrected chi connectivity index (χ3v) is 1.80. The molecule has 4 heteroatoms. The second-order valence-electron chi connectivity index (χ2n) is 2.62. The van der Waals surface area contributed by atoms with Gasteiger partial charge >= 0.3 is 0 Å². The van der Waals surface area contributed by atoms with Crippen molar-refractivity contribution in [2.75, 3.05) is 19.0 Å². The average Bonchev–Trinajstić information content (AvgIpc) is 2.04. The smallest absolute Gasteiger partial charge is 0.169 e. The van der Waals surface area contributed by atoms with Gasteiger partial charge in [0.25, 0.3) is 0 Å². The Bertz CT molecular complexity index is 276. The van der Waals surface area contributed by atoms with Crippen LogP contribution in [0, 0.1) is 5.82 Å². The molecule has 0 fully saturated rings. The van der Waals surface area contributed by atoms with Gasteiger partial charge in [-0.05, 0) is 6.07 Å². The molecule has 0 radical (unpaired) electrons. The molecule has 0 aromatic carbocycles. The second-order valence-corrected chi connectivity index (χ2v) is 2.89. The lowest BCUT2D eigenvalue weighted by atomic mass is 10.3. The molecule has 0 bridgehead atoms. The van der Waals surface area contributed by atoms with Crippen molar-refractivity contribution >= 4 is 17.3 Å². The van der Waals surface area contributed by atoms with E-state index in [0.29, 0.717) is 11.4 Å². The fourth-order valence-electron chi connectivity index (χ4n) is 0.914. The lowest BCUT2D eigenvalue weighted by Crippen LogP contribution is -2.12. The first-order valence-corrected chi connectivity index (χ1v) is 4.07. The van der Waals surface area contributed by atoms with Crippen LogP contribution in [-0.2, 0) is 5.88 Å². The second kappa shape index (κ2) is 3.72. The quantitative estimate of drug-likeness (QED) is 0.661. The average molecular weight is 189 g/mol. The lowest BCUT2D eigenvalue weighted by molar-refractivity contribution is 0.606. The Morgan fingerprint density at radius 1 is 1.58 bits per heavy atom. The minimum absolute atomic E-state index is 0.105. The molecule has 0 aliphatic carbocycles. The minimum atomic E-state index is -0.336. The molecule has 0 saturated carbocycles. The van der Waals surface area contributed by atoms with Crippen molar-refractivity contribution in [2.45, 2.75) is 5.88 Å². The number of hydrogen-bond acceptors (Lipinski definition) is 2. The number of pyridine rings is 1. The minimum Gasteiger partial charge on any atom is -0.375 e. The van der Waals surface area contributed by atoms with Crippen molar-refractivity contribution in [1.82, 2.24) is 4.98 Å². The largest absolute Gasteiger partial charge is 0.375 e. The van der Waals surface area contributed by atoms with Crippen LogP contribution in [0.1, 0.15) is 5.69 Å². The summed E-state index contributed by atoms with van der Waals surface area (Å²) in [5, 5.41) is 0. The summed E-state index contributed by atoms with van der Waals surface area (Å²) in [6.45, 7) is 0. The molecule has 12 heavy (non-hydrogen) atoms. The van der Waals surface area contributed by atoms with Crippen molar-refractivity contribution in [3.8, 4) is 0 Å². The van der Waals surface area contributed by atoms with E-state index in [1.807, 2.05) is 0 Å². The summed E-state index contributed by atoms with van der Waals surface area (Å²) in [5.41, 5.74) is 0.809. The van der Waals surface area contributed by atoms with Gasteiger partial charge in [-0.2, -0.15) is 0 Å². The van der Waals surface area contributed by atoms with Crippen LogP contribution in [-0.4, -0.2) is 19.1 Å². The highest BCUT2D eigenvalue weighted by atomic mass is 35.5. The van der Waals surface area contributed by atoms with Crippen molar-refractivity contribution in [3.05, 3.63) is 23.8 Å². The Hall–Kier alpha value is -0.830. The van der Waals surface area contributed by atoms with E-state index in [1.165, 1.54) is 0 Å². The summed E-state index contributed by atoms with van der Waals surface area (Å²) in [7, 11) is 3.55. The molecule has 0 aliphatic rings. The fraction of sp³-hybridized carbons (Fsp3) is 0.375. The molecule has 66 valence electrons. The van der Waals surface area contributed by atoms with Gasteiger partial charge in [0.1, 0.15) is 0 Å². The van der Waals surface area contributed by atoms with Crippen LogP contribution in [0.5, 0.6) is 0 Å². The summed E-state index contributed by atoms with van der Waals surface area (Å²) in [4.78, 5) is 5.49. The molecule has 1 rings (SSSR count). The van der Waals surface area contributed by atoms with Crippen LogP contribution in [0.3, 0.4) is 0 Å². The van der Waals surface area contributed by atoms with E-state index in [9.17, 15) is 4.39 Å². The molecule has 0 amide bonds. The maximum atomic E-state index is 13.3. The zero-order valence-electron chi connectivity index (χ0n) is 7.01. The van der Waals surface area contributed by atoms with Gasteiger partial charge in [-0.25, -0.2) is 4.39 Å². The first-order valence-electron chi connectivity index (χ1n) is 3.53. The number of aromatic nitrogens is 1. The van der Waals surface area contributed by atoms with Gasteiger partial charge in [0.15, 0.2) is 5.82 Å². The normalized spacial score (nSPS) is 10.0. The third-order valence-electron chi connectivity index (χ3n) is 1.55. The molecular formula is C8H10ClFN2. The first kappa shape index (κ1) is 9.26. The van der Waals surface area contributed by atoms with Crippen molar-refractivity contribution in [1.29, 1.82) is 0 Å². The highest BCUT2D eigenvalue weighted by Gasteiger charge is 2.08. The molecule has 1 heterocycles. The van der Waals surface area contributed by atoms with Gasteiger partial charge in [0.05, 0.1) is 17.3 Å². The number of hydrogen-bond donors (Lipinski definition) is 0.